The maximum absolute atomic E-state index is 2.44. The maximum atomic E-state index is 2.44. The lowest BCUT2D eigenvalue weighted by Gasteiger charge is -2.20. The first-order valence-corrected chi connectivity index (χ1v) is 16.7. The third kappa shape index (κ3) is 4.10. The highest BCUT2D eigenvalue weighted by Crippen LogP contribution is 2.47. The van der Waals surface area contributed by atoms with Gasteiger partial charge in [0.15, 0.2) is 0 Å². The van der Waals surface area contributed by atoms with Crippen LogP contribution in [-0.4, -0.2) is 0 Å². The molecule has 10 rings (SSSR count). The van der Waals surface area contributed by atoms with Crippen LogP contribution in [0, 0.1) is 0 Å². The van der Waals surface area contributed by atoms with Crippen molar-refractivity contribution < 1.29 is 0 Å². The average molecular weight is 607 g/mol. The van der Waals surface area contributed by atoms with Gasteiger partial charge in [0, 0.05) is 0 Å². The van der Waals surface area contributed by atoms with Crippen LogP contribution in [-0.2, 0) is 0 Å². The molecule has 0 radical (unpaired) electrons. The quantitative estimate of drug-likeness (QED) is 0.139. The molecular weight excluding hydrogens is 577 g/mol. The van der Waals surface area contributed by atoms with Crippen molar-refractivity contribution in [2.75, 3.05) is 0 Å². The molecule has 222 valence electrons. The zero-order valence-corrected chi connectivity index (χ0v) is 26.3. The normalized spacial score (nSPS) is 11.8. The van der Waals surface area contributed by atoms with E-state index in [0.29, 0.717) is 0 Å². The number of benzene rings is 10. The Kier molecular flexibility index (Phi) is 5.98. The Bertz CT molecular complexity index is 2870. The third-order valence-corrected chi connectivity index (χ3v) is 10.2. The van der Waals surface area contributed by atoms with Gasteiger partial charge < -0.3 is 0 Å². The molecular formula is C48H30. The molecule has 0 atom stereocenters. The van der Waals surface area contributed by atoms with Gasteiger partial charge in [-0.15, -0.1) is 0 Å². The number of hydrogen-bond acceptors (Lipinski definition) is 0. The largest absolute Gasteiger partial charge is 0.0622 e. The summed E-state index contributed by atoms with van der Waals surface area (Å²) in [6.45, 7) is 0. The fourth-order valence-electron chi connectivity index (χ4n) is 8.03. The van der Waals surface area contributed by atoms with Gasteiger partial charge in [-0.25, -0.2) is 0 Å². The lowest BCUT2D eigenvalue weighted by Crippen LogP contribution is -1.92. The molecule has 0 saturated heterocycles. The smallest absolute Gasteiger partial charge is 0.00201 e. The molecule has 0 fully saturated rings. The molecule has 10 aromatic carbocycles. The van der Waals surface area contributed by atoms with Crippen molar-refractivity contribution in [3.05, 3.63) is 182 Å². The molecule has 48 heavy (non-hydrogen) atoms. The standard InChI is InChI=1S/C48H30/c1-2-13-32(14-3-1)47-42-19-8-9-20-43(42)48(41-23-10-17-31-12-6-7-18-37(31)41)44-27-25-36(30-46(44)47)38-21-11-22-39-40(38)26-24-35-28-33-15-4-5-16-34(33)29-45(35)39/h1-30H. The van der Waals surface area contributed by atoms with E-state index >= 15 is 0 Å². The molecule has 0 aliphatic carbocycles. The molecule has 0 aliphatic rings. The lowest BCUT2D eigenvalue weighted by molar-refractivity contribution is 1.65. The molecule has 0 amide bonds. The first-order chi connectivity index (χ1) is 23.8. The van der Waals surface area contributed by atoms with E-state index in [1.165, 1.54) is 98.0 Å². The molecule has 10 aromatic rings. The number of rotatable bonds is 3. The van der Waals surface area contributed by atoms with Crippen molar-refractivity contribution in [3.8, 4) is 33.4 Å². The van der Waals surface area contributed by atoms with E-state index in [1.54, 1.807) is 0 Å². The molecule has 0 bridgehead atoms. The van der Waals surface area contributed by atoms with Crippen molar-refractivity contribution >= 4 is 64.6 Å². The van der Waals surface area contributed by atoms with Crippen molar-refractivity contribution in [3.63, 3.8) is 0 Å². The van der Waals surface area contributed by atoms with E-state index in [4.69, 9.17) is 0 Å². The summed E-state index contributed by atoms with van der Waals surface area (Å²) in [5.74, 6) is 0. The lowest BCUT2D eigenvalue weighted by atomic mass is 9.83. The molecule has 0 aromatic heterocycles. The molecule has 0 heterocycles. The van der Waals surface area contributed by atoms with E-state index in [9.17, 15) is 0 Å². The van der Waals surface area contributed by atoms with Crippen LogP contribution in [0.3, 0.4) is 0 Å². The average Bonchev–Trinajstić information content (AvgIpc) is 3.16. The summed E-state index contributed by atoms with van der Waals surface area (Å²) < 4.78 is 0. The van der Waals surface area contributed by atoms with Gasteiger partial charge >= 0.3 is 0 Å². The van der Waals surface area contributed by atoms with E-state index in [2.05, 4.69) is 182 Å². The second-order valence-electron chi connectivity index (χ2n) is 12.8. The first kappa shape index (κ1) is 26.9. The third-order valence-electron chi connectivity index (χ3n) is 10.2. The van der Waals surface area contributed by atoms with Crippen molar-refractivity contribution in [2.24, 2.45) is 0 Å². The Morgan fingerprint density at radius 3 is 1.62 bits per heavy atom. The second kappa shape index (κ2) is 10.7. The highest BCUT2D eigenvalue weighted by molar-refractivity contribution is 6.24. The molecule has 0 unspecified atom stereocenters. The minimum atomic E-state index is 1.23. The molecule has 0 nitrogen and oxygen atoms in total. The van der Waals surface area contributed by atoms with E-state index in [0.717, 1.165) is 0 Å². The van der Waals surface area contributed by atoms with Gasteiger partial charge in [0.1, 0.15) is 0 Å². The second-order valence-corrected chi connectivity index (χ2v) is 12.8. The molecule has 0 N–H and O–H groups in total. The van der Waals surface area contributed by atoms with Crippen LogP contribution in [0.5, 0.6) is 0 Å². The number of hydrogen-bond donors (Lipinski definition) is 0. The van der Waals surface area contributed by atoms with Crippen LogP contribution in [0.25, 0.3) is 98.0 Å². The summed E-state index contributed by atoms with van der Waals surface area (Å²) in [5, 5.41) is 15.3. The first-order valence-electron chi connectivity index (χ1n) is 16.7. The monoisotopic (exact) mass is 606 g/mol. The summed E-state index contributed by atoms with van der Waals surface area (Å²) in [4.78, 5) is 0. The van der Waals surface area contributed by atoms with Crippen molar-refractivity contribution in [1.29, 1.82) is 0 Å². The summed E-state index contributed by atoms with van der Waals surface area (Å²) in [7, 11) is 0. The Labute approximate surface area is 279 Å². The van der Waals surface area contributed by atoms with Crippen LogP contribution >= 0.6 is 0 Å². The fraction of sp³-hybridized carbons (Fsp3) is 0. The minimum Gasteiger partial charge on any atom is -0.0622 e. The number of fused-ring (bicyclic) bond motifs is 7. The van der Waals surface area contributed by atoms with Gasteiger partial charge in [-0.3, -0.25) is 0 Å². The van der Waals surface area contributed by atoms with Gasteiger partial charge in [0.25, 0.3) is 0 Å². The maximum Gasteiger partial charge on any atom is -0.00201 e. The molecule has 0 heteroatoms. The van der Waals surface area contributed by atoms with Crippen LogP contribution in [0.15, 0.2) is 182 Å². The zero-order chi connectivity index (χ0) is 31.6. The van der Waals surface area contributed by atoms with Gasteiger partial charge in [0.2, 0.25) is 0 Å². The zero-order valence-electron chi connectivity index (χ0n) is 26.3. The van der Waals surface area contributed by atoms with E-state index in [-0.39, 0.29) is 0 Å². The minimum absolute atomic E-state index is 1.23. The van der Waals surface area contributed by atoms with Crippen LogP contribution in [0.4, 0.5) is 0 Å². The Balaban J connectivity index is 1.31. The summed E-state index contributed by atoms with van der Waals surface area (Å²) in [6.07, 6.45) is 0. The summed E-state index contributed by atoms with van der Waals surface area (Å²) in [5.41, 5.74) is 7.55. The summed E-state index contributed by atoms with van der Waals surface area (Å²) >= 11 is 0. The Morgan fingerprint density at radius 1 is 0.208 bits per heavy atom. The van der Waals surface area contributed by atoms with Crippen molar-refractivity contribution in [2.45, 2.75) is 0 Å². The van der Waals surface area contributed by atoms with Gasteiger partial charge in [0.05, 0.1) is 0 Å². The van der Waals surface area contributed by atoms with Crippen molar-refractivity contribution in [1.82, 2.24) is 0 Å². The molecule has 0 saturated carbocycles. The molecule has 0 spiro atoms. The predicted octanol–water partition coefficient (Wildman–Crippen LogP) is 13.6. The van der Waals surface area contributed by atoms with Gasteiger partial charge in [-0.2, -0.15) is 0 Å². The topological polar surface area (TPSA) is 0 Å². The SMILES string of the molecule is c1ccc(-c2c3ccccc3c(-c3cccc4ccccc34)c3ccc(-c4cccc5c4ccc4cc6ccccc6cc45)cc23)cc1. The van der Waals surface area contributed by atoms with Gasteiger partial charge in [-0.05, 0) is 116 Å². The fourth-order valence-corrected chi connectivity index (χ4v) is 8.03. The predicted molar refractivity (Wildman–Crippen MR) is 208 cm³/mol. The van der Waals surface area contributed by atoms with Crippen LogP contribution in [0.1, 0.15) is 0 Å². The molecule has 0 aliphatic heterocycles. The van der Waals surface area contributed by atoms with Gasteiger partial charge in [-0.1, -0.05) is 164 Å². The van der Waals surface area contributed by atoms with E-state index < -0.39 is 0 Å². The highest BCUT2D eigenvalue weighted by Gasteiger charge is 2.19. The Hall–Kier alpha value is -6.24. The summed E-state index contributed by atoms with van der Waals surface area (Å²) in [6, 6.07) is 67.2. The van der Waals surface area contributed by atoms with Crippen LogP contribution in [0.2, 0.25) is 0 Å². The highest BCUT2D eigenvalue weighted by atomic mass is 14.2. The van der Waals surface area contributed by atoms with Crippen LogP contribution < -0.4 is 0 Å². The van der Waals surface area contributed by atoms with E-state index in [1.807, 2.05) is 0 Å². The Morgan fingerprint density at radius 2 is 0.792 bits per heavy atom.